The molecule has 3 atom stereocenters. The lowest BCUT2D eigenvalue weighted by Crippen LogP contribution is -2.49. The first-order valence-corrected chi connectivity index (χ1v) is 9.33. The first-order valence-electron chi connectivity index (χ1n) is 7.44. The third-order valence-corrected chi connectivity index (χ3v) is 7.02. The molecule has 0 unspecified atom stereocenters. The van der Waals surface area contributed by atoms with Crippen LogP contribution in [0.5, 0.6) is 0 Å². The molecule has 5 nitrogen and oxygen atoms in total. The molecule has 1 saturated carbocycles. The largest absolute Gasteiger partial charge is 0.353 e. The van der Waals surface area contributed by atoms with Crippen molar-refractivity contribution in [2.75, 3.05) is 12.8 Å². The van der Waals surface area contributed by atoms with Crippen molar-refractivity contribution in [1.29, 1.82) is 0 Å². The van der Waals surface area contributed by atoms with Gasteiger partial charge in [-0.15, -0.1) is 0 Å². The van der Waals surface area contributed by atoms with Gasteiger partial charge in [-0.3, -0.25) is 4.79 Å². The standard InChI is InChI=1S/C14H26N2O3S/c1-14(2,20(3,18)19)9-15-13(17)12-8-10-6-4-5-7-11(10)16-12/h10-12,16H,4-9H2,1-3H3,(H,15,17)/t10-,11+,12+/m1/s1. The third-order valence-electron chi connectivity index (χ3n) is 4.87. The fourth-order valence-corrected chi connectivity index (χ4v) is 3.41. The lowest BCUT2D eigenvalue weighted by molar-refractivity contribution is -0.123. The van der Waals surface area contributed by atoms with Gasteiger partial charge in [0.05, 0.1) is 10.8 Å². The maximum Gasteiger partial charge on any atom is 0.237 e. The zero-order chi connectivity index (χ0) is 15.0. The van der Waals surface area contributed by atoms with Crippen molar-refractivity contribution >= 4 is 15.7 Å². The van der Waals surface area contributed by atoms with E-state index in [-0.39, 0.29) is 18.5 Å². The third kappa shape index (κ3) is 3.34. The Morgan fingerprint density at radius 2 is 1.95 bits per heavy atom. The molecule has 116 valence electrons. The van der Waals surface area contributed by atoms with Crippen molar-refractivity contribution in [2.24, 2.45) is 5.92 Å². The van der Waals surface area contributed by atoms with Gasteiger partial charge in [0.15, 0.2) is 9.84 Å². The highest BCUT2D eigenvalue weighted by Gasteiger charge is 2.39. The van der Waals surface area contributed by atoms with Gasteiger partial charge in [0.1, 0.15) is 0 Å². The van der Waals surface area contributed by atoms with E-state index in [1.54, 1.807) is 13.8 Å². The van der Waals surface area contributed by atoms with Gasteiger partial charge in [-0.1, -0.05) is 12.8 Å². The molecule has 2 rings (SSSR count). The minimum atomic E-state index is -3.18. The minimum Gasteiger partial charge on any atom is -0.353 e. The van der Waals surface area contributed by atoms with Crippen molar-refractivity contribution in [2.45, 2.75) is 62.8 Å². The lowest BCUT2D eigenvalue weighted by Gasteiger charge is -2.24. The highest BCUT2D eigenvalue weighted by atomic mass is 32.2. The molecule has 0 aromatic heterocycles. The predicted molar refractivity (Wildman–Crippen MR) is 79.2 cm³/mol. The van der Waals surface area contributed by atoms with E-state index in [0.29, 0.717) is 12.0 Å². The van der Waals surface area contributed by atoms with E-state index in [9.17, 15) is 13.2 Å². The summed E-state index contributed by atoms with van der Waals surface area (Å²) in [5.41, 5.74) is 0. The fourth-order valence-electron chi connectivity index (χ4n) is 3.08. The molecule has 0 spiro atoms. The summed E-state index contributed by atoms with van der Waals surface area (Å²) in [4.78, 5) is 12.2. The number of carbonyl (C=O) groups is 1. The molecular weight excluding hydrogens is 276 g/mol. The summed E-state index contributed by atoms with van der Waals surface area (Å²) >= 11 is 0. The summed E-state index contributed by atoms with van der Waals surface area (Å²) in [6.07, 6.45) is 6.96. The molecule has 2 aliphatic rings. The zero-order valence-corrected chi connectivity index (χ0v) is 13.4. The summed E-state index contributed by atoms with van der Waals surface area (Å²) in [5.74, 6) is 0.554. The summed E-state index contributed by atoms with van der Waals surface area (Å²) in [7, 11) is -3.18. The Bertz CT molecular complexity index is 459. The van der Waals surface area contributed by atoms with E-state index in [1.165, 1.54) is 25.5 Å². The Morgan fingerprint density at radius 3 is 2.55 bits per heavy atom. The number of fused-ring (bicyclic) bond motifs is 1. The van der Waals surface area contributed by atoms with Crippen LogP contribution >= 0.6 is 0 Å². The van der Waals surface area contributed by atoms with Gasteiger partial charge in [-0.05, 0) is 39.0 Å². The SMILES string of the molecule is CC(C)(CNC(=O)[C@@H]1C[C@H]2CCCC[C@@H]2N1)S(C)(=O)=O. The molecule has 0 aromatic rings. The topological polar surface area (TPSA) is 75.3 Å². The molecule has 20 heavy (non-hydrogen) atoms. The van der Waals surface area contributed by atoms with Gasteiger partial charge in [0, 0.05) is 18.8 Å². The van der Waals surface area contributed by atoms with Crippen molar-refractivity contribution in [3.05, 3.63) is 0 Å². The Morgan fingerprint density at radius 1 is 1.30 bits per heavy atom. The maximum absolute atomic E-state index is 12.2. The fraction of sp³-hybridized carbons (Fsp3) is 0.929. The Balaban J connectivity index is 1.87. The second kappa shape index (κ2) is 5.64. The van der Waals surface area contributed by atoms with Crippen molar-refractivity contribution < 1.29 is 13.2 Å². The number of rotatable bonds is 4. The first-order chi connectivity index (χ1) is 9.21. The van der Waals surface area contributed by atoms with Crippen LogP contribution in [-0.2, 0) is 14.6 Å². The van der Waals surface area contributed by atoms with Gasteiger partial charge < -0.3 is 10.6 Å². The average Bonchev–Trinajstić information content (AvgIpc) is 2.78. The molecule has 6 heteroatoms. The number of hydrogen-bond donors (Lipinski definition) is 2. The molecule has 0 radical (unpaired) electrons. The molecule has 1 heterocycles. The quantitative estimate of drug-likeness (QED) is 0.807. The van der Waals surface area contributed by atoms with Gasteiger partial charge in [0.25, 0.3) is 0 Å². The van der Waals surface area contributed by atoms with E-state index in [4.69, 9.17) is 0 Å². The van der Waals surface area contributed by atoms with Crippen molar-refractivity contribution in [1.82, 2.24) is 10.6 Å². The molecular formula is C14H26N2O3S. The van der Waals surface area contributed by atoms with Gasteiger partial charge in [-0.25, -0.2) is 8.42 Å². The van der Waals surface area contributed by atoms with Crippen LogP contribution in [0.3, 0.4) is 0 Å². The average molecular weight is 302 g/mol. The molecule has 2 fully saturated rings. The highest BCUT2D eigenvalue weighted by molar-refractivity contribution is 7.92. The van der Waals surface area contributed by atoms with Crippen LogP contribution < -0.4 is 10.6 Å². The van der Waals surface area contributed by atoms with Crippen LogP contribution in [0.15, 0.2) is 0 Å². The normalized spacial score (nSPS) is 30.9. The second-order valence-electron chi connectivity index (χ2n) is 6.86. The van der Waals surface area contributed by atoms with Gasteiger partial charge in [-0.2, -0.15) is 0 Å². The highest BCUT2D eigenvalue weighted by Crippen LogP contribution is 2.33. The minimum absolute atomic E-state index is 0.0591. The smallest absolute Gasteiger partial charge is 0.237 e. The predicted octanol–water partition coefficient (Wildman–Crippen LogP) is 0.847. The number of sulfone groups is 1. The first kappa shape index (κ1) is 15.8. The molecule has 0 aromatic carbocycles. The molecule has 2 N–H and O–H groups in total. The van der Waals surface area contributed by atoms with Gasteiger partial charge >= 0.3 is 0 Å². The molecule has 0 bridgehead atoms. The summed E-state index contributed by atoms with van der Waals surface area (Å²) in [5, 5.41) is 6.21. The summed E-state index contributed by atoms with van der Waals surface area (Å²) in [6.45, 7) is 3.45. The van der Waals surface area contributed by atoms with Crippen LogP contribution in [0.2, 0.25) is 0 Å². The number of nitrogens with one attached hydrogen (secondary N) is 2. The summed E-state index contributed by atoms with van der Waals surface area (Å²) in [6, 6.07) is 0.320. The Hall–Kier alpha value is -0.620. The lowest BCUT2D eigenvalue weighted by atomic mass is 9.85. The van der Waals surface area contributed by atoms with E-state index in [0.717, 1.165) is 12.8 Å². The van der Waals surface area contributed by atoms with E-state index in [1.807, 2.05) is 0 Å². The van der Waals surface area contributed by atoms with Crippen molar-refractivity contribution in [3.63, 3.8) is 0 Å². The molecule has 1 amide bonds. The monoisotopic (exact) mass is 302 g/mol. The number of amides is 1. The van der Waals surface area contributed by atoms with Gasteiger partial charge in [0.2, 0.25) is 5.91 Å². The van der Waals surface area contributed by atoms with Crippen LogP contribution in [0.1, 0.15) is 46.0 Å². The molecule has 1 aliphatic carbocycles. The Kier molecular flexibility index (Phi) is 4.44. The van der Waals surface area contributed by atoms with Crippen LogP contribution in [0.25, 0.3) is 0 Å². The van der Waals surface area contributed by atoms with E-state index < -0.39 is 14.6 Å². The summed E-state index contributed by atoms with van der Waals surface area (Å²) < 4.78 is 22.3. The molecule has 1 saturated heterocycles. The van der Waals surface area contributed by atoms with Crippen LogP contribution in [0, 0.1) is 5.92 Å². The second-order valence-corrected chi connectivity index (χ2v) is 9.51. The van der Waals surface area contributed by atoms with Crippen LogP contribution in [0.4, 0.5) is 0 Å². The number of hydrogen-bond acceptors (Lipinski definition) is 4. The zero-order valence-electron chi connectivity index (χ0n) is 12.6. The maximum atomic E-state index is 12.2. The van der Waals surface area contributed by atoms with Crippen molar-refractivity contribution in [3.8, 4) is 0 Å². The molecule has 1 aliphatic heterocycles. The van der Waals surface area contributed by atoms with E-state index >= 15 is 0 Å². The Labute approximate surface area is 121 Å². The van der Waals surface area contributed by atoms with E-state index in [2.05, 4.69) is 10.6 Å². The number of carbonyl (C=O) groups excluding carboxylic acids is 1. The van der Waals surface area contributed by atoms with Crippen LogP contribution in [-0.4, -0.2) is 44.0 Å².